The van der Waals surface area contributed by atoms with Gasteiger partial charge in [0.1, 0.15) is 5.01 Å². The average molecular weight is 485 g/mol. The van der Waals surface area contributed by atoms with Crippen LogP contribution in [-0.2, 0) is 6.54 Å². The molecule has 1 aromatic carbocycles. The lowest BCUT2D eigenvalue weighted by atomic mass is 10.2. The molecule has 2 aromatic rings. The number of aromatic nitrogens is 1. The van der Waals surface area contributed by atoms with E-state index in [2.05, 4.69) is 65.1 Å². The van der Waals surface area contributed by atoms with Crippen LogP contribution < -0.4 is 10.2 Å². The minimum absolute atomic E-state index is 0. The van der Waals surface area contributed by atoms with Crippen molar-refractivity contribution in [3.05, 3.63) is 45.9 Å². The predicted octanol–water partition coefficient (Wildman–Crippen LogP) is 3.67. The van der Waals surface area contributed by atoms with E-state index in [4.69, 9.17) is 4.99 Å². The zero-order chi connectivity index (χ0) is 17.6. The maximum atomic E-state index is 4.79. The van der Waals surface area contributed by atoms with Crippen LogP contribution in [0.5, 0.6) is 0 Å². The Morgan fingerprint density at radius 1 is 1.23 bits per heavy atom. The van der Waals surface area contributed by atoms with Crippen LogP contribution in [0.3, 0.4) is 0 Å². The SMILES string of the molecule is CCNC(=NCc1ncc(C)s1)N1CCN(c2cccc(C)c2)CC1.I. The summed E-state index contributed by atoms with van der Waals surface area (Å²) in [5, 5.41) is 4.50. The van der Waals surface area contributed by atoms with Gasteiger partial charge in [-0.25, -0.2) is 9.98 Å². The Bertz CT molecular complexity index is 722. The number of thiazole rings is 1. The number of hydrogen-bond donors (Lipinski definition) is 1. The minimum Gasteiger partial charge on any atom is -0.368 e. The molecule has 1 aliphatic rings. The highest BCUT2D eigenvalue weighted by atomic mass is 127. The van der Waals surface area contributed by atoms with E-state index in [1.807, 2.05) is 6.20 Å². The van der Waals surface area contributed by atoms with Gasteiger partial charge in [-0.15, -0.1) is 35.3 Å². The molecule has 1 aliphatic heterocycles. The van der Waals surface area contributed by atoms with E-state index in [0.717, 1.165) is 43.7 Å². The first-order chi connectivity index (χ1) is 12.2. The lowest BCUT2D eigenvalue weighted by Crippen LogP contribution is -2.52. The van der Waals surface area contributed by atoms with Gasteiger partial charge >= 0.3 is 0 Å². The van der Waals surface area contributed by atoms with Gasteiger partial charge in [0, 0.05) is 49.5 Å². The molecule has 0 unspecified atom stereocenters. The molecule has 7 heteroatoms. The fourth-order valence-electron chi connectivity index (χ4n) is 3.04. The monoisotopic (exact) mass is 485 g/mol. The Morgan fingerprint density at radius 2 is 2.00 bits per heavy atom. The highest BCUT2D eigenvalue weighted by Crippen LogP contribution is 2.18. The Morgan fingerprint density at radius 3 is 2.62 bits per heavy atom. The first-order valence-electron chi connectivity index (χ1n) is 8.92. The average Bonchev–Trinajstić information content (AvgIpc) is 3.04. The third-order valence-corrected chi connectivity index (χ3v) is 5.21. The zero-order valence-corrected chi connectivity index (χ0v) is 18.9. The number of aliphatic imine (C=N–C) groups is 1. The highest BCUT2D eigenvalue weighted by Gasteiger charge is 2.20. The number of rotatable bonds is 4. The fraction of sp³-hybridized carbons (Fsp3) is 0.474. The van der Waals surface area contributed by atoms with Gasteiger partial charge in [0.05, 0.1) is 6.54 Å². The quantitative estimate of drug-likeness (QED) is 0.408. The molecule has 1 N–H and O–H groups in total. The summed E-state index contributed by atoms with van der Waals surface area (Å²) < 4.78 is 0. The number of nitrogens with one attached hydrogen (secondary N) is 1. The third-order valence-electron chi connectivity index (χ3n) is 4.31. The lowest BCUT2D eigenvalue weighted by Gasteiger charge is -2.37. The Labute approximate surface area is 177 Å². The largest absolute Gasteiger partial charge is 0.368 e. The van der Waals surface area contributed by atoms with Crippen LogP contribution in [-0.4, -0.2) is 48.6 Å². The van der Waals surface area contributed by atoms with Crippen LogP contribution >= 0.6 is 35.3 Å². The molecular formula is C19H28IN5S. The second-order valence-electron chi connectivity index (χ2n) is 6.35. The van der Waals surface area contributed by atoms with Crippen molar-refractivity contribution < 1.29 is 0 Å². The van der Waals surface area contributed by atoms with E-state index in [1.165, 1.54) is 16.1 Å². The molecule has 0 bridgehead atoms. The van der Waals surface area contributed by atoms with Crippen LogP contribution in [0, 0.1) is 13.8 Å². The topological polar surface area (TPSA) is 43.8 Å². The van der Waals surface area contributed by atoms with Gasteiger partial charge in [-0.05, 0) is 38.5 Å². The number of nitrogens with zero attached hydrogens (tertiary/aromatic N) is 4. The zero-order valence-electron chi connectivity index (χ0n) is 15.7. The summed E-state index contributed by atoms with van der Waals surface area (Å²) in [6.07, 6.45) is 1.92. The standard InChI is InChI=1S/C19H27N5S.HI/c1-4-20-19(22-14-18-21-13-16(3)25-18)24-10-8-23(9-11-24)17-7-5-6-15(2)12-17;/h5-7,12-13H,4,8-11,14H2,1-3H3,(H,20,22);1H. The molecule has 0 radical (unpaired) electrons. The normalized spacial score (nSPS) is 15.0. The predicted molar refractivity (Wildman–Crippen MR) is 122 cm³/mol. The van der Waals surface area contributed by atoms with Gasteiger partial charge in [-0.2, -0.15) is 0 Å². The summed E-state index contributed by atoms with van der Waals surface area (Å²) in [6, 6.07) is 8.75. The summed E-state index contributed by atoms with van der Waals surface area (Å²) in [4.78, 5) is 15.3. The summed E-state index contributed by atoms with van der Waals surface area (Å²) in [7, 11) is 0. The molecule has 1 fully saturated rings. The number of benzene rings is 1. The molecule has 0 aliphatic carbocycles. The van der Waals surface area contributed by atoms with E-state index < -0.39 is 0 Å². The Balaban J connectivity index is 0.00000243. The summed E-state index contributed by atoms with van der Waals surface area (Å²) in [6.45, 7) is 11.9. The van der Waals surface area contributed by atoms with Crippen molar-refractivity contribution >= 4 is 47.0 Å². The second-order valence-corrected chi connectivity index (χ2v) is 7.67. The van der Waals surface area contributed by atoms with E-state index in [-0.39, 0.29) is 24.0 Å². The molecule has 0 atom stereocenters. The minimum atomic E-state index is 0. The van der Waals surface area contributed by atoms with Crippen molar-refractivity contribution in [3.8, 4) is 0 Å². The molecule has 0 spiro atoms. The van der Waals surface area contributed by atoms with Crippen LogP contribution in [0.25, 0.3) is 0 Å². The molecular weight excluding hydrogens is 457 g/mol. The number of aryl methyl sites for hydroxylation is 2. The molecule has 2 heterocycles. The molecule has 26 heavy (non-hydrogen) atoms. The molecule has 1 saturated heterocycles. The fourth-order valence-corrected chi connectivity index (χ4v) is 3.76. The number of piperazine rings is 1. The van der Waals surface area contributed by atoms with Gasteiger partial charge < -0.3 is 15.1 Å². The van der Waals surface area contributed by atoms with Crippen LogP contribution in [0.4, 0.5) is 5.69 Å². The van der Waals surface area contributed by atoms with Gasteiger partial charge in [0.25, 0.3) is 0 Å². The van der Waals surface area contributed by atoms with Crippen molar-refractivity contribution in [2.45, 2.75) is 27.3 Å². The third kappa shape index (κ3) is 5.57. The summed E-state index contributed by atoms with van der Waals surface area (Å²) in [5.41, 5.74) is 2.63. The lowest BCUT2D eigenvalue weighted by molar-refractivity contribution is 0.372. The maximum Gasteiger partial charge on any atom is 0.194 e. The second kappa shape index (κ2) is 10.1. The van der Waals surface area contributed by atoms with Gasteiger partial charge in [0.15, 0.2) is 5.96 Å². The maximum absolute atomic E-state index is 4.79. The Kier molecular flexibility index (Phi) is 8.15. The number of hydrogen-bond acceptors (Lipinski definition) is 4. The molecule has 0 amide bonds. The molecule has 5 nitrogen and oxygen atoms in total. The van der Waals surface area contributed by atoms with Crippen LogP contribution in [0.1, 0.15) is 22.4 Å². The number of anilines is 1. The van der Waals surface area contributed by atoms with Gasteiger partial charge in [-0.1, -0.05) is 12.1 Å². The summed E-state index contributed by atoms with van der Waals surface area (Å²) >= 11 is 1.72. The van der Waals surface area contributed by atoms with E-state index in [9.17, 15) is 0 Å². The first kappa shape index (κ1) is 21.0. The van der Waals surface area contributed by atoms with Crippen molar-refractivity contribution in [2.75, 3.05) is 37.6 Å². The highest BCUT2D eigenvalue weighted by molar-refractivity contribution is 14.0. The van der Waals surface area contributed by atoms with E-state index >= 15 is 0 Å². The van der Waals surface area contributed by atoms with Crippen molar-refractivity contribution in [1.82, 2.24) is 15.2 Å². The van der Waals surface area contributed by atoms with E-state index in [1.54, 1.807) is 11.3 Å². The molecule has 1 aromatic heterocycles. The van der Waals surface area contributed by atoms with Gasteiger partial charge in [0.2, 0.25) is 0 Å². The molecule has 0 saturated carbocycles. The van der Waals surface area contributed by atoms with E-state index in [0.29, 0.717) is 6.54 Å². The first-order valence-corrected chi connectivity index (χ1v) is 9.73. The van der Waals surface area contributed by atoms with Crippen molar-refractivity contribution in [3.63, 3.8) is 0 Å². The smallest absolute Gasteiger partial charge is 0.194 e. The van der Waals surface area contributed by atoms with Crippen molar-refractivity contribution in [1.29, 1.82) is 0 Å². The molecule has 3 rings (SSSR count). The van der Waals surface area contributed by atoms with Gasteiger partial charge in [-0.3, -0.25) is 0 Å². The number of halogens is 1. The Hall–Kier alpha value is -1.35. The molecule has 142 valence electrons. The summed E-state index contributed by atoms with van der Waals surface area (Å²) in [5.74, 6) is 0.999. The van der Waals surface area contributed by atoms with Crippen molar-refractivity contribution in [2.24, 2.45) is 4.99 Å². The van der Waals surface area contributed by atoms with Crippen LogP contribution in [0.15, 0.2) is 35.5 Å². The number of guanidine groups is 1. The van der Waals surface area contributed by atoms with Crippen LogP contribution in [0.2, 0.25) is 0 Å².